The highest BCUT2D eigenvalue weighted by molar-refractivity contribution is 5.78. The maximum Gasteiger partial charge on any atom is 0.234 e. The average Bonchev–Trinajstić information content (AvgIpc) is 3.00. The maximum absolute atomic E-state index is 12.1. The first kappa shape index (κ1) is 17.5. The summed E-state index contributed by atoms with van der Waals surface area (Å²) in [7, 11) is 1.96. The third-order valence-corrected chi connectivity index (χ3v) is 4.43. The van der Waals surface area contributed by atoms with Gasteiger partial charge < -0.3 is 10.6 Å². The van der Waals surface area contributed by atoms with Crippen LogP contribution in [-0.4, -0.2) is 52.7 Å². The van der Waals surface area contributed by atoms with Crippen LogP contribution >= 0.6 is 0 Å². The SMILES string of the molecule is CC(=O)NCCNC(=O)CN1CCC[C@H]1c1c(C)nn(C)c1C. The monoisotopic (exact) mass is 321 g/mol. The van der Waals surface area contributed by atoms with Gasteiger partial charge >= 0.3 is 0 Å². The second-order valence-corrected chi connectivity index (χ2v) is 6.17. The molecule has 1 aliphatic heterocycles. The van der Waals surface area contributed by atoms with Crippen LogP contribution in [0.15, 0.2) is 0 Å². The number of carbonyl (C=O) groups excluding carboxylic acids is 2. The lowest BCUT2D eigenvalue weighted by Gasteiger charge is -2.24. The number of nitrogens with zero attached hydrogens (tertiary/aromatic N) is 3. The first-order valence-corrected chi connectivity index (χ1v) is 8.15. The molecule has 2 heterocycles. The molecule has 23 heavy (non-hydrogen) atoms. The van der Waals surface area contributed by atoms with Crippen molar-refractivity contribution in [1.82, 2.24) is 25.3 Å². The molecule has 1 aromatic rings. The summed E-state index contributed by atoms with van der Waals surface area (Å²) in [6.45, 7) is 7.82. The van der Waals surface area contributed by atoms with Crippen molar-refractivity contribution in [1.29, 1.82) is 0 Å². The van der Waals surface area contributed by atoms with Crippen LogP contribution in [0.2, 0.25) is 0 Å². The summed E-state index contributed by atoms with van der Waals surface area (Å²) in [6, 6.07) is 0.268. The quantitative estimate of drug-likeness (QED) is 0.745. The fraction of sp³-hybridized carbons (Fsp3) is 0.688. The van der Waals surface area contributed by atoms with E-state index in [-0.39, 0.29) is 17.9 Å². The highest BCUT2D eigenvalue weighted by Crippen LogP contribution is 2.34. The lowest BCUT2D eigenvalue weighted by Crippen LogP contribution is -2.40. The number of aromatic nitrogens is 2. The Hall–Kier alpha value is -1.89. The molecule has 1 saturated heterocycles. The number of hydrogen-bond donors (Lipinski definition) is 2. The van der Waals surface area contributed by atoms with Crippen molar-refractivity contribution >= 4 is 11.8 Å². The van der Waals surface area contributed by atoms with E-state index in [0.29, 0.717) is 19.6 Å². The minimum absolute atomic E-state index is 0.00134. The van der Waals surface area contributed by atoms with E-state index in [2.05, 4.69) is 27.6 Å². The van der Waals surface area contributed by atoms with E-state index in [9.17, 15) is 9.59 Å². The minimum atomic E-state index is -0.0821. The van der Waals surface area contributed by atoms with Gasteiger partial charge in [-0.15, -0.1) is 0 Å². The van der Waals surface area contributed by atoms with Crippen LogP contribution in [0.5, 0.6) is 0 Å². The van der Waals surface area contributed by atoms with E-state index >= 15 is 0 Å². The molecule has 7 heteroatoms. The minimum Gasteiger partial charge on any atom is -0.355 e. The van der Waals surface area contributed by atoms with Gasteiger partial charge in [-0.2, -0.15) is 5.10 Å². The molecule has 0 radical (unpaired) electrons. The number of aryl methyl sites for hydroxylation is 2. The smallest absolute Gasteiger partial charge is 0.234 e. The molecule has 2 amide bonds. The number of carbonyl (C=O) groups is 2. The second-order valence-electron chi connectivity index (χ2n) is 6.17. The standard InChI is InChI=1S/C16H27N5O2/c1-11-16(12(2)20(4)19-11)14-6-5-9-21(14)10-15(23)18-8-7-17-13(3)22/h14H,5-10H2,1-4H3,(H,17,22)(H,18,23)/t14-/m0/s1. The number of amides is 2. The molecule has 128 valence electrons. The average molecular weight is 321 g/mol. The van der Waals surface area contributed by atoms with Crippen molar-refractivity contribution in [3.05, 3.63) is 17.0 Å². The number of hydrogen-bond acceptors (Lipinski definition) is 4. The van der Waals surface area contributed by atoms with Gasteiger partial charge in [0.1, 0.15) is 0 Å². The molecule has 1 aliphatic rings. The summed E-state index contributed by atoms with van der Waals surface area (Å²) >= 11 is 0. The summed E-state index contributed by atoms with van der Waals surface area (Å²) in [6.07, 6.45) is 2.16. The zero-order valence-corrected chi connectivity index (χ0v) is 14.5. The van der Waals surface area contributed by atoms with Gasteiger partial charge in [0.25, 0.3) is 0 Å². The first-order valence-electron chi connectivity index (χ1n) is 8.15. The highest BCUT2D eigenvalue weighted by Gasteiger charge is 2.31. The summed E-state index contributed by atoms with van der Waals surface area (Å²) < 4.78 is 1.91. The van der Waals surface area contributed by atoms with Crippen LogP contribution in [0.25, 0.3) is 0 Å². The fourth-order valence-corrected chi connectivity index (χ4v) is 3.30. The number of rotatable bonds is 6. The molecule has 0 bridgehead atoms. The van der Waals surface area contributed by atoms with Crippen molar-refractivity contribution < 1.29 is 9.59 Å². The van der Waals surface area contributed by atoms with Gasteiger partial charge in [-0.05, 0) is 33.2 Å². The van der Waals surface area contributed by atoms with Gasteiger partial charge in [0, 0.05) is 44.4 Å². The van der Waals surface area contributed by atoms with Crippen LogP contribution < -0.4 is 10.6 Å². The maximum atomic E-state index is 12.1. The topological polar surface area (TPSA) is 79.3 Å². The third kappa shape index (κ3) is 4.31. The Kier molecular flexibility index (Phi) is 5.76. The molecule has 0 aromatic carbocycles. The van der Waals surface area contributed by atoms with Crippen molar-refractivity contribution in [3.63, 3.8) is 0 Å². The Balaban J connectivity index is 1.91. The van der Waals surface area contributed by atoms with Gasteiger partial charge in [-0.3, -0.25) is 19.2 Å². The highest BCUT2D eigenvalue weighted by atomic mass is 16.2. The van der Waals surface area contributed by atoms with E-state index in [1.807, 2.05) is 18.7 Å². The van der Waals surface area contributed by atoms with Crippen LogP contribution in [-0.2, 0) is 16.6 Å². The molecule has 0 spiro atoms. The second kappa shape index (κ2) is 7.59. The molecule has 1 aromatic heterocycles. The van der Waals surface area contributed by atoms with Gasteiger partial charge in [-0.25, -0.2) is 0 Å². The molecule has 7 nitrogen and oxygen atoms in total. The van der Waals surface area contributed by atoms with Crippen molar-refractivity contribution in [3.8, 4) is 0 Å². The van der Waals surface area contributed by atoms with E-state index < -0.39 is 0 Å². The zero-order valence-electron chi connectivity index (χ0n) is 14.5. The molecule has 1 atom stereocenters. The van der Waals surface area contributed by atoms with E-state index in [1.165, 1.54) is 18.2 Å². The largest absolute Gasteiger partial charge is 0.355 e. The molecular formula is C16H27N5O2. The van der Waals surface area contributed by atoms with Gasteiger partial charge in [-0.1, -0.05) is 0 Å². The molecular weight excluding hydrogens is 294 g/mol. The third-order valence-electron chi connectivity index (χ3n) is 4.43. The lowest BCUT2D eigenvalue weighted by atomic mass is 10.0. The Morgan fingerprint density at radius 3 is 2.57 bits per heavy atom. The summed E-state index contributed by atoms with van der Waals surface area (Å²) in [5.41, 5.74) is 3.48. The molecule has 2 N–H and O–H groups in total. The Morgan fingerprint density at radius 1 is 1.26 bits per heavy atom. The molecule has 0 saturated carbocycles. The number of likely N-dealkylation sites (tertiary alicyclic amines) is 1. The Labute approximate surface area is 137 Å². The Bertz CT molecular complexity index is 581. The summed E-state index contributed by atoms with van der Waals surface area (Å²) in [5.74, 6) is -0.0807. The lowest BCUT2D eigenvalue weighted by molar-refractivity contribution is -0.123. The zero-order chi connectivity index (χ0) is 17.0. The predicted octanol–water partition coefficient (Wildman–Crippen LogP) is 0.426. The number of nitrogens with one attached hydrogen (secondary N) is 2. The van der Waals surface area contributed by atoms with Crippen LogP contribution in [0, 0.1) is 13.8 Å². The van der Waals surface area contributed by atoms with Gasteiger partial charge in [0.05, 0.1) is 12.2 Å². The molecule has 1 fully saturated rings. The summed E-state index contributed by atoms with van der Waals surface area (Å²) in [4.78, 5) is 25.1. The normalized spacial score (nSPS) is 18.2. The van der Waals surface area contributed by atoms with Crippen molar-refractivity contribution in [2.24, 2.45) is 7.05 Å². The Morgan fingerprint density at radius 2 is 1.96 bits per heavy atom. The summed E-state index contributed by atoms with van der Waals surface area (Å²) in [5, 5.41) is 10.0. The van der Waals surface area contributed by atoms with E-state index in [0.717, 1.165) is 25.1 Å². The van der Waals surface area contributed by atoms with Gasteiger partial charge in [0.2, 0.25) is 11.8 Å². The predicted molar refractivity (Wildman–Crippen MR) is 87.9 cm³/mol. The molecule has 0 unspecified atom stereocenters. The molecule has 2 rings (SSSR count). The van der Waals surface area contributed by atoms with Crippen LogP contribution in [0.4, 0.5) is 0 Å². The fourth-order valence-electron chi connectivity index (χ4n) is 3.30. The van der Waals surface area contributed by atoms with Crippen LogP contribution in [0.1, 0.15) is 42.8 Å². The molecule has 0 aliphatic carbocycles. The van der Waals surface area contributed by atoms with Crippen molar-refractivity contribution in [2.45, 2.75) is 39.7 Å². The van der Waals surface area contributed by atoms with E-state index in [4.69, 9.17) is 0 Å². The van der Waals surface area contributed by atoms with E-state index in [1.54, 1.807) is 0 Å². The van der Waals surface area contributed by atoms with Crippen LogP contribution in [0.3, 0.4) is 0 Å². The first-order chi connectivity index (χ1) is 10.9. The van der Waals surface area contributed by atoms with Crippen molar-refractivity contribution in [2.75, 3.05) is 26.2 Å². The van der Waals surface area contributed by atoms with Gasteiger partial charge in [0.15, 0.2) is 0 Å².